The highest BCUT2D eigenvalue weighted by molar-refractivity contribution is 7.12. The van der Waals surface area contributed by atoms with Gasteiger partial charge in [-0.1, -0.05) is 0 Å². The maximum atomic E-state index is 9.31. The molecular weight excluding hydrogens is 280 g/mol. The number of hydrogen-bond acceptors (Lipinski definition) is 4. The first-order valence-corrected chi connectivity index (χ1v) is 9.08. The van der Waals surface area contributed by atoms with Crippen molar-refractivity contribution in [3.63, 3.8) is 0 Å². The molecule has 2 N–H and O–H groups in total. The Balaban J connectivity index is 1.62. The van der Waals surface area contributed by atoms with E-state index in [1.807, 2.05) is 11.3 Å². The third-order valence-corrected chi connectivity index (χ3v) is 5.56. The Hall–Kier alpha value is -0.420. The van der Waals surface area contributed by atoms with E-state index in [-0.39, 0.29) is 0 Å². The Morgan fingerprint density at radius 3 is 2.90 bits per heavy atom. The summed E-state index contributed by atoms with van der Waals surface area (Å²) in [7, 11) is 0. The van der Waals surface area contributed by atoms with E-state index in [0.717, 1.165) is 13.1 Å². The smallest absolute Gasteiger partial charge is 0.0586 e. The van der Waals surface area contributed by atoms with Gasteiger partial charge in [-0.25, -0.2) is 0 Å². The van der Waals surface area contributed by atoms with Gasteiger partial charge in [0.25, 0.3) is 0 Å². The van der Waals surface area contributed by atoms with Gasteiger partial charge in [-0.2, -0.15) is 0 Å². The van der Waals surface area contributed by atoms with Gasteiger partial charge in [0.2, 0.25) is 0 Å². The SMILES string of the molecule is Cc1cc(C(C)NCCCCN2CCCC2CO)c(C)s1. The number of nitrogens with one attached hydrogen (secondary N) is 1. The van der Waals surface area contributed by atoms with E-state index in [1.165, 1.54) is 47.5 Å². The summed E-state index contributed by atoms with van der Waals surface area (Å²) in [5, 5.41) is 13.0. The van der Waals surface area contributed by atoms with Crippen molar-refractivity contribution in [2.75, 3.05) is 26.2 Å². The van der Waals surface area contributed by atoms with Crippen molar-refractivity contribution in [1.82, 2.24) is 10.2 Å². The van der Waals surface area contributed by atoms with Crippen LogP contribution in [0.3, 0.4) is 0 Å². The minimum Gasteiger partial charge on any atom is -0.395 e. The second-order valence-corrected chi connectivity index (χ2v) is 7.73. The minimum atomic E-state index is 0.325. The van der Waals surface area contributed by atoms with Crippen molar-refractivity contribution in [1.29, 1.82) is 0 Å². The van der Waals surface area contributed by atoms with Gasteiger partial charge in [0.15, 0.2) is 0 Å². The fraction of sp³-hybridized carbons (Fsp3) is 0.765. The molecule has 1 aromatic rings. The summed E-state index contributed by atoms with van der Waals surface area (Å²) in [5.41, 5.74) is 1.46. The fourth-order valence-corrected chi connectivity index (χ4v) is 4.37. The molecule has 1 saturated heterocycles. The molecular formula is C17H30N2OS. The Bertz CT molecular complexity index is 432. The van der Waals surface area contributed by atoms with Crippen LogP contribution in [-0.2, 0) is 0 Å². The highest BCUT2D eigenvalue weighted by atomic mass is 32.1. The number of aliphatic hydroxyl groups is 1. The van der Waals surface area contributed by atoms with Crippen LogP contribution in [0.5, 0.6) is 0 Å². The lowest BCUT2D eigenvalue weighted by Gasteiger charge is -2.22. The molecule has 4 heteroatoms. The maximum Gasteiger partial charge on any atom is 0.0586 e. The largest absolute Gasteiger partial charge is 0.395 e. The number of nitrogens with zero attached hydrogens (tertiary/aromatic N) is 1. The number of likely N-dealkylation sites (tertiary alicyclic amines) is 1. The maximum absolute atomic E-state index is 9.31. The van der Waals surface area contributed by atoms with Gasteiger partial charge in [-0.15, -0.1) is 11.3 Å². The first kappa shape index (κ1) is 16.9. The summed E-state index contributed by atoms with van der Waals surface area (Å²) in [5.74, 6) is 0. The van der Waals surface area contributed by atoms with Crippen molar-refractivity contribution >= 4 is 11.3 Å². The molecule has 2 rings (SSSR count). The standard InChI is InChI=1S/C17H30N2OS/c1-13-11-17(15(3)21-13)14(2)18-8-4-5-9-19-10-6-7-16(19)12-20/h11,14,16,18,20H,4-10,12H2,1-3H3. The van der Waals surface area contributed by atoms with E-state index in [4.69, 9.17) is 0 Å². The number of thiophene rings is 1. The van der Waals surface area contributed by atoms with E-state index in [9.17, 15) is 5.11 Å². The fourth-order valence-electron chi connectivity index (χ4n) is 3.35. The van der Waals surface area contributed by atoms with Crippen LogP contribution in [0.4, 0.5) is 0 Å². The Morgan fingerprint density at radius 1 is 1.43 bits per heavy atom. The molecule has 120 valence electrons. The van der Waals surface area contributed by atoms with E-state index in [1.54, 1.807) is 0 Å². The van der Waals surface area contributed by atoms with Crippen molar-refractivity contribution < 1.29 is 5.11 Å². The van der Waals surface area contributed by atoms with Gasteiger partial charge in [0, 0.05) is 21.8 Å². The molecule has 2 atom stereocenters. The van der Waals surface area contributed by atoms with Crippen LogP contribution >= 0.6 is 11.3 Å². The second kappa shape index (κ2) is 8.28. The monoisotopic (exact) mass is 310 g/mol. The zero-order chi connectivity index (χ0) is 15.2. The molecule has 2 unspecified atom stereocenters. The first-order chi connectivity index (χ1) is 10.1. The number of aliphatic hydroxyl groups excluding tert-OH is 1. The van der Waals surface area contributed by atoms with Crippen LogP contribution in [-0.4, -0.2) is 42.3 Å². The molecule has 0 amide bonds. The zero-order valence-electron chi connectivity index (χ0n) is 13.7. The summed E-state index contributed by atoms with van der Waals surface area (Å²) >= 11 is 1.89. The zero-order valence-corrected chi connectivity index (χ0v) is 14.5. The molecule has 0 aliphatic carbocycles. The highest BCUT2D eigenvalue weighted by Crippen LogP contribution is 2.26. The van der Waals surface area contributed by atoms with Crippen LogP contribution in [0.2, 0.25) is 0 Å². The number of rotatable bonds is 8. The molecule has 1 aromatic heterocycles. The van der Waals surface area contributed by atoms with E-state index >= 15 is 0 Å². The van der Waals surface area contributed by atoms with Crippen LogP contribution in [0.25, 0.3) is 0 Å². The van der Waals surface area contributed by atoms with Gasteiger partial charge in [-0.3, -0.25) is 4.90 Å². The van der Waals surface area contributed by atoms with E-state index in [2.05, 4.69) is 37.1 Å². The van der Waals surface area contributed by atoms with Gasteiger partial charge >= 0.3 is 0 Å². The van der Waals surface area contributed by atoms with Gasteiger partial charge < -0.3 is 10.4 Å². The third-order valence-electron chi connectivity index (χ3n) is 4.58. The Labute approximate surface area is 133 Å². The quantitative estimate of drug-likeness (QED) is 0.724. The summed E-state index contributed by atoms with van der Waals surface area (Å²) < 4.78 is 0. The average molecular weight is 311 g/mol. The Morgan fingerprint density at radius 2 is 2.24 bits per heavy atom. The molecule has 1 aliphatic heterocycles. The third kappa shape index (κ3) is 4.78. The van der Waals surface area contributed by atoms with Gasteiger partial charge in [-0.05, 0) is 77.7 Å². The predicted molar refractivity (Wildman–Crippen MR) is 91.1 cm³/mol. The summed E-state index contributed by atoms with van der Waals surface area (Å²) in [6, 6.07) is 3.19. The second-order valence-electron chi connectivity index (χ2n) is 6.27. The topological polar surface area (TPSA) is 35.5 Å². The van der Waals surface area contributed by atoms with Crippen molar-refractivity contribution in [3.05, 3.63) is 21.4 Å². The average Bonchev–Trinajstić information content (AvgIpc) is 3.04. The van der Waals surface area contributed by atoms with Gasteiger partial charge in [0.05, 0.1) is 6.61 Å². The summed E-state index contributed by atoms with van der Waals surface area (Å²) in [6.07, 6.45) is 4.85. The van der Waals surface area contributed by atoms with Crippen LogP contribution in [0.15, 0.2) is 6.07 Å². The van der Waals surface area contributed by atoms with Crippen molar-refractivity contribution in [2.24, 2.45) is 0 Å². The highest BCUT2D eigenvalue weighted by Gasteiger charge is 2.22. The number of unbranched alkanes of at least 4 members (excludes halogenated alkanes) is 1. The molecule has 0 radical (unpaired) electrons. The minimum absolute atomic E-state index is 0.325. The van der Waals surface area contributed by atoms with Gasteiger partial charge in [0.1, 0.15) is 0 Å². The molecule has 1 fully saturated rings. The lowest BCUT2D eigenvalue weighted by molar-refractivity contribution is 0.157. The summed E-state index contributed by atoms with van der Waals surface area (Å²) in [4.78, 5) is 5.30. The van der Waals surface area contributed by atoms with E-state index < -0.39 is 0 Å². The molecule has 0 saturated carbocycles. The number of aryl methyl sites for hydroxylation is 2. The molecule has 21 heavy (non-hydrogen) atoms. The van der Waals surface area contributed by atoms with Crippen LogP contribution in [0, 0.1) is 13.8 Å². The van der Waals surface area contributed by atoms with Crippen molar-refractivity contribution in [3.8, 4) is 0 Å². The summed E-state index contributed by atoms with van der Waals surface area (Å²) in [6.45, 7) is 10.4. The van der Waals surface area contributed by atoms with Crippen LogP contribution in [0.1, 0.15) is 54.0 Å². The normalized spacial score (nSPS) is 21.0. The number of hydrogen-bond donors (Lipinski definition) is 2. The Kier molecular flexibility index (Phi) is 6.68. The van der Waals surface area contributed by atoms with Crippen LogP contribution < -0.4 is 5.32 Å². The molecule has 0 aromatic carbocycles. The molecule has 3 nitrogen and oxygen atoms in total. The molecule has 1 aliphatic rings. The lowest BCUT2D eigenvalue weighted by Crippen LogP contribution is -2.33. The predicted octanol–water partition coefficient (Wildman–Crippen LogP) is 3.25. The first-order valence-electron chi connectivity index (χ1n) is 8.27. The molecule has 0 spiro atoms. The van der Waals surface area contributed by atoms with E-state index in [0.29, 0.717) is 18.7 Å². The molecule has 2 heterocycles. The van der Waals surface area contributed by atoms with Crippen molar-refractivity contribution in [2.45, 2.75) is 58.5 Å². The molecule has 0 bridgehead atoms. The lowest BCUT2D eigenvalue weighted by atomic mass is 10.1.